The van der Waals surface area contributed by atoms with Gasteiger partial charge < -0.3 is 4.84 Å². The number of nitrogens with zero attached hydrogens (tertiary/aromatic N) is 1. The molecule has 0 aromatic heterocycles. The van der Waals surface area contributed by atoms with Gasteiger partial charge in [0.25, 0.3) is 0 Å². The summed E-state index contributed by atoms with van der Waals surface area (Å²) < 4.78 is 104. The molecule has 0 aliphatic carbocycles. The first-order valence-electron chi connectivity index (χ1n) is 6.46. The highest BCUT2D eigenvalue weighted by Gasteiger charge is 2.32. The molecule has 0 amide bonds. The summed E-state index contributed by atoms with van der Waals surface area (Å²) in [6.07, 6.45) is -4.07. The fraction of sp³-hybridized carbons (Fsp3) is 0.133. The molecular weight excluding hydrogens is 362 g/mol. The SMILES string of the molecule is Fc1c(F)c(F)c(CON=Cc2ccccc2C(F)(F)F)c(F)c1F. The maximum atomic E-state index is 13.4. The molecule has 0 saturated heterocycles. The predicted molar refractivity (Wildman–Crippen MR) is 70.1 cm³/mol. The zero-order valence-electron chi connectivity index (χ0n) is 12.0. The lowest BCUT2D eigenvalue weighted by Gasteiger charge is -2.09. The number of oxime groups is 1. The van der Waals surface area contributed by atoms with E-state index in [1.807, 2.05) is 0 Å². The van der Waals surface area contributed by atoms with E-state index >= 15 is 0 Å². The first-order chi connectivity index (χ1) is 11.6. The molecule has 0 radical (unpaired) electrons. The Labute approximate surface area is 135 Å². The summed E-state index contributed by atoms with van der Waals surface area (Å²) in [4.78, 5) is 4.37. The Morgan fingerprint density at radius 3 is 1.92 bits per heavy atom. The fourth-order valence-corrected chi connectivity index (χ4v) is 1.84. The van der Waals surface area contributed by atoms with E-state index < -0.39 is 58.6 Å². The molecule has 2 rings (SSSR count). The summed E-state index contributed by atoms with van der Waals surface area (Å²) in [5.41, 5.74) is -2.75. The Balaban J connectivity index is 2.19. The van der Waals surface area contributed by atoms with Gasteiger partial charge in [-0.05, 0) is 6.07 Å². The average Bonchev–Trinajstić information content (AvgIpc) is 2.57. The van der Waals surface area contributed by atoms with Crippen LogP contribution in [0.3, 0.4) is 0 Å². The average molecular weight is 369 g/mol. The highest BCUT2D eigenvalue weighted by atomic mass is 19.4. The number of rotatable bonds is 4. The standard InChI is InChI=1S/C15H7F8NO/c16-10-8(11(17)13(19)14(20)12(10)18)6-25-24-5-7-3-1-2-4-9(7)15(21,22)23/h1-5H,6H2. The highest BCUT2D eigenvalue weighted by Crippen LogP contribution is 2.31. The maximum absolute atomic E-state index is 13.4. The minimum absolute atomic E-state index is 0.410. The van der Waals surface area contributed by atoms with Gasteiger partial charge in [-0.2, -0.15) is 13.2 Å². The zero-order chi connectivity index (χ0) is 18.8. The van der Waals surface area contributed by atoms with Crippen molar-refractivity contribution in [2.75, 3.05) is 0 Å². The molecule has 2 nitrogen and oxygen atoms in total. The van der Waals surface area contributed by atoms with Crippen molar-refractivity contribution in [1.82, 2.24) is 0 Å². The molecule has 0 aliphatic heterocycles. The third kappa shape index (κ3) is 3.89. The van der Waals surface area contributed by atoms with Crippen molar-refractivity contribution in [3.05, 3.63) is 70.0 Å². The van der Waals surface area contributed by atoms with Gasteiger partial charge in [-0.25, -0.2) is 22.0 Å². The van der Waals surface area contributed by atoms with Crippen LogP contribution in [0.15, 0.2) is 29.4 Å². The number of hydrogen-bond acceptors (Lipinski definition) is 2. The zero-order valence-corrected chi connectivity index (χ0v) is 12.0. The van der Waals surface area contributed by atoms with E-state index in [-0.39, 0.29) is 0 Å². The summed E-state index contributed by atoms with van der Waals surface area (Å²) >= 11 is 0. The summed E-state index contributed by atoms with van der Waals surface area (Å²) in [5.74, 6) is -10.9. The van der Waals surface area contributed by atoms with Gasteiger partial charge in [-0.15, -0.1) is 0 Å². The van der Waals surface area contributed by atoms with Crippen LogP contribution in [-0.4, -0.2) is 6.21 Å². The third-order valence-electron chi connectivity index (χ3n) is 3.04. The lowest BCUT2D eigenvalue weighted by molar-refractivity contribution is -0.137. The van der Waals surface area contributed by atoms with Crippen LogP contribution < -0.4 is 0 Å². The van der Waals surface area contributed by atoms with E-state index in [4.69, 9.17) is 0 Å². The van der Waals surface area contributed by atoms with E-state index in [2.05, 4.69) is 9.99 Å². The van der Waals surface area contributed by atoms with Gasteiger partial charge in [0.1, 0.15) is 6.61 Å². The summed E-state index contributed by atoms with van der Waals surface area (Å²) in [6, 6.07) is 4.23. The molecule has 0 atom stereocenters. The van der Waals surface area contributed by atoms with Crippen molar-refractivity contribution < 1.29 is 40.0 Å². The third-order valence-corrected chi connectivity index (χ3v) is 3.04. The van der Waals surface area contributed by atoms with Crippen molar-refractivity contribution in [3.8, 4) is 0 Å². The van der Waals surface area contributed by atoms with Crippen LogP contribution in [0.2, 0.25) is 0 Å². The minimum Gasteiger partial charge on any atom is -0.391 e. The van der Waals surface area contributed by atoms with Gasteiger partial charge in [-0.3, -0.25) is 0 Å². The molecule has 2 aromatic carbocycles. The van der Waals surface area contributed by atoms with Gasteiger partial charge in [0.2, 0.25) is 5.82 Å². The fourth-order valence-electron chi connectivity index (χ4n) is 1.84. The Kier molecular flexibility index (Phi) is 5.29. The second kappa shape index (κ2) is 7.08. The largest absolute Gasteiger partial charge is 0.417 e. The van der Waals surface area contributed by atoms with Crippen LogP contribution in [0.25, 0.3) is 0 Å². The number of halogens is 8. The van der Waals surface area contributed by atoms with Crippen molar-refractivity contribution in [3.63, 3.8) is 0 Å². The Morgan fingerprint density at radius 2 is 1.36 bits per heavy atom. The van der Waals surface area contributed by atoms with Crippen LogP contribution >= 0.6 is 0 Å². The van der Waals surface area contributed by atoms with Crippen LogP contribution in [0.4, 0.5) is 35.1 Å². The maximum Gasteiger partial charge on any atom is 0.417 e. The number of alkyl halides is 3. The Morgan fingerprint density at radius 1 is 0.840 bits per heavy atom. The lowest BCUT2D eigenvalue weighted by Crippen LogP contribution is -2.09. The van der Waals surface area contributed by atoms with E-state index in [0.717, 1.165) is 18.2 Å². The molecular formula is C15H7F8NO. The lowest BCUT2D eigenvalue weighted by atomic mass is 10.1. The molecule has 0 spiro atoms. The molecule has 0 heterocycles. The summed E-state index contributed by atoms with van der Waals surface area (Å²) in [5, 5.41) is 3.08. The van der Waals surface area contributed by atoms with Crippen LogP contribution in [0, 0.1) is 29.1 Å². The molecule has 0 N–H and O–H groups in total. The number of hydrogen-bond donors (Lipinski definition) is 0. The predicted octanol–water partition coefficient (Wildman–Crippen LogP) is 4.95. The normalized spacial score (nSPS) is 12.0. The van der Waals surface area contributed by atoms with E-state index in [0.29, 0.717) is 6.21 Å². The Bertz CT molecular complexity index is 787. The number of benzene rings is 2. The molecule has 10 heteroatoms. The molecule has 0 aliphatic rings. The van der Waals surface area contributed by atoms with E-state index in [1.54, 1.807) is 0 Å². The Hall–Kier alpha value is -2.65. The smallest absolute Gasteiger partial charge is 0.391 e. The molecule has 0 unspecified atom stereocenters. The molecule has 0 fully saturated rings. The van der Waals surface area contributed by atoms with E-state index in [9.17, 15) is 35.1 Å². The van der Waals surface area contributed by atoms with Crippen LogP contribution in [0.1, 0.15) is 16.7 Å². The van der Waals surface area contributed by atoms with Crippen molar-refractivity contribution in [1.29, 1.82) is 0 Å². The van der Waals surface area contributed by atoms with Crippen LogP contribution in [-0.2, 0) is 17.6 Å². The molecule has 25 heavy (non-hydrogen) atoms. The van der Waals surface area contributed by atoms with Gasteiger partial charge in [0.15, 0.2) is 23.3 Å². The topological polar surface area (TPSA) is 21.6 Å². The molecule has 0 saturated carbocycles. The molecule has 2 aromatic rings. The van der Waals surface area contributed by atoms with Gasteiger partial charge >= 0.3 is 6.18 Å². The minimum atomic E-state index is -4.68. The van der Waals surface area contributed by atoms with Crippen molar-refractivity contribution >= 4 is 6.21 Å². The van der Waals surface area contributed by atoms with Gasteiger partial charge in [0.05, 0.1) is 17.3 Å². The highest BCUT2D eigenvalue weighted by molar-refractivity contribution is 5.81. The summed E-state index contributed by atoms with van der Waals surface area (Å²) in [7, 11) is 0. The van der Waals surface area contributed by atoms with E-state index in [1.165, 1.54) is 6.07 Å². The molecule has 134 valence electrons. The van der Waals surface area contributed by atoms with Gasteiger partial charge in [0, 0.05) is 5.56 Å². The first-order valence-corrected chi connectivity index (χ1v) is 6.46. The molecule has 0 bridgehead atoms. The van der Waals surface area contributed by atoms with Gasteiger partial charge in [-0.1, -0.05) is 23.4 Å². The monoisotopic (exact) mass is 369 g/mol. The quantitative estimate of drug-likeness (QED) is 0.246. The van der Waals surface area contributed by atoms with Crippen LogP contribution in [0.5, 0.6) is 0 Å². The van der Waals surface area contributed by atoms with Crippen molar-refractivity contribution in [2.45, 2.75) is 12.8 Å². The first kappa shape index (κ1) is 18.7. The second-order valence-electron chi connectivity index (χ2n) is 4.64. The second-order valence-corrected chi connectivity index (χ2v) is 4.64. The van der Waals surface area contributed by atoms with Crippen molar-refractivity contribution in [2.24, 2.45) is 5.16 Å². The summed E-state index contributed by atoms with van der Waals surface area (Å²) in [6.45, 7) is -1.17.